The quantitative estimate of drug-likeness (QED) is 0.343. The predicted octanol–water partition coefficient (Wildman–Crippen LogP) is 4.86. The maximum Gasteiger partial charge on any atom is 0.416 e. The number of benzene rings is 1. The van der Waals surface area contributed by atoms with Gasteiger partial charge in [-0.25, -0.2) is 9.98 Å². The van der Waals surface area contributed by atoms with Crippen LogP contribution in [0.3, 0.4) is 0 Å². The van der Waals surface area contributed by atoms with Crippen LogP contribution in [-0.2, 0) is 24.7 Å². The molecule has 0 fully saturated rings. The molecule has 2 aromatic rings. The van der Waals surface area contributed by atoms with Crippen molar-refractivity contribution in [3.8, 4) is 0 Å². The van der Waals surface area contributed by atoms with Crippen LogP contribution < -0.4 is 10.6 Å². The lowest BCUT2D eigenvalue weighted by molar-refractivity contribution is -0.137. The Kier molecular flexibility index (Phi) is 8.77. The van der Waals surface area contributed by atoms with Crippen LogP contribution in [0.2, 0.25) is 0 Å². The number of rotatable bonds is 5. The average molecular weight is 510 g/mol. The number of oxazole rings is 1. The topological polar surface area (TPSA) is 62.5 Å². The number of aromatic nitrogens is 1. The van der Waals surface area contributed by atoms with Gasteiger partial charge in [0.25, 0.3) is 0 Å². The van der Waals surface area contributed by atoms with Gasteiger partial charge < -0.3 is 15.1 Å². The summed E-state index contributed by atoms with van der Waals surface area (Å²) in [6.07, 6.45) is -2.62. The SMILES string of the molecule is CCNC(=NCc1ccc(C(F)(F)F)cc1)NCc1ncc(C(C)(C)C)o1.I. The lowest BCUT2D eigenvalue weighted by Crippen LogP contribution is -2.36. The van der Waals surface area contributed by atoms with E-state index in [1.807, 2.05) is 27.7 Å². The third-order valence-corrected chi connectivity index (χ3v) is 3.75. The summed E-state index contributed by atoms with van der Waals surface area (Å²) in [4.78, 5) is 8.64. The van der Waals surface area contributed by atoms with Crippen LogP contribution in [0.25, 0.3) is 0 Å². The van der Waals surface area contributed by atoms with Crippen LogP contribution >= 0.6 is 24.0 Å². The Morgan fingerprint density at radius 1 is 1.11 bits per heavy atom. The van der Waals surface area contributed by atoms with Crippen molar-refractivity contribution in [1.29, 1.82) is 0 Å². The summed E-state index contributed by atoms with van der Waals surface area (Å²) in [7, 11) is 0. The number of halogens is 4. The second-order valence-corrected chi connectivity index (χ2v) is 7.11. The number of nitrogens with zero attached hydrogens (tertiary/aromatic N) is 2. The molecule has 0 amide bonds. The van der Waals surface area contributed by atoms with Crippen molar-refractivity contribution in [3.05, 3.63) is 53.2 Å². The number of nitrogens with one attached hydrogen (secondary N) is 2. The zero-order valence-corrected chi connectivity index (χ0v) is 18.7. The molecule has 2 rings (SSSR count). The molecule has 5 nitrogen and oxygen atoms in total. The zero-order chi connectivity index (χ0) is 20.1. The van der Waals surface area contributed by atoms with Crippen molar-refractivity contribution in [3.63, 3.8) is 0 Å². The van der Waals surface area contributed by atoms with E-state index < -0.39 is 11.7 Å². The third kappa shape index (κ3) is 7.33. The number of guanidine groups is 1. The highest BCUT2D eigenvalue weighted by molar-refractivity contribution is 14.0. The first-order valence-electron chi connectivity index (χ1n) is 8.73. The van der Waals surface area contributed by atoms with Gasteiger partial charge in [-0.2, -0.15) is 13.2 Å². The second kappa shape index (κ2) is 10.1. The van der Waals surface area contributed by atoms with Crippen LogP contribution in [0, 0.1) is 0 Å². The molecule has 1 aromatic heterocycles. The summed E-state index contributed by atoms with van der Waals surface area (Å²) in [6.45, 7) is 9.32. The van der Waals surface area contributed by atoms with E-state index in [0.29, 0.717) is 30.5 Å². The van der Waals surface area contributed by atoms with Gasteiger partial charge in [0, 0.05) is 12.0 Å². The Balaban J connectivity index is 0.00000392. The summed E-state index contributed by atoms with van der Waals surface area (Å²) in [5.74, 6) is 1.87. The van der Waals surface area contributed by atoms with E-state index in [0.717, 1.165) is 17.9 Å². The van der Waals surface area contributed by atoms with Crippen LogP contribution in [0.15, 0.2) is 39.9 Å². The summed E-state index contributed by atoms with van der Waals surface area (Å²) in [5, 5.41) is 6.20. The highest BCUT2D eigenvalue weighted by atomic mass is 127. The number of alkyl halides is 3. The number of aliphatic imine (C=N–C) groups is 1. The molecule has 0 spiro atoms. The van der Waals surface area contributed by atoms with Gasteiger partial charge in [0.2, 0.25) is 5.89 Å². The van der Waals surface area contributed by atoms with Gasteiger partial charge in [-0.15, -0.1) is 24.0 Å². The Hall–Kier alpha value is -1.78. The Labute approximate surface area is 180 Å². The van der Waals surface area contributed by atoms with Gasteiger partial charge >= 0.3 is 6.18 Å². The van der Waals surface area contributed by atoms with Gasteiger partial charge in [0.15, 0.2) is 5.96 Å². The molecule has 9 heteroatoms. The Morgan fingerprint density at radius 2 is 1.75 bits per heavy atom. The lowest BCUT2D eigenvalue weighted by atomic mass is 9.94. The largest absolute Gasteiger partial charge is 0.443 e. The summed E-state index contributed by atoms with van der Waals surface area (Å²) >= 11 is 0. The molecule has 0 atom stereocenters. The Morgan fingerprint density at radius 3 is 2.25 bits per heavy atom. The van der Waals surface area contributed by atoms with E-state index >= 15 is 0 Å². The molecule has 1 aromatic carbocycles. The van der Waals surface area contributed by atoms with E-state index in [2.05, 4.69) is 20.6 Å². The molecule has 0 radical (unpaired) electrons. The molecule has 0 bridgehead atoms. The van der Waals surface area contributed by atoms with E-state index in [9.17, 15) is 13.2 Å². The van der Waals surface area contributed by atoms with Gasteiger partial charge in [0.1, 0.15) is 5.76 Å². The predicted molar refractivity (Wildman–Crippen MR) is 114 cm³/mol. The molecule has 0 aliphatic rings. The molecular weight excluding hydrogens is 484 g/mol. The minimum absolute atomic E-state index is 0. The average Bonchev–Trinajstić information content (AvgIpc) is 3.06. The molecule has 0 unspecified atom stereocenters. The van der Waals surface area contributed by atoms with Crippen molar-refractivity contribution in [2.45, 2.75) is 52.4 Å². The molecule has 0 saturated heterocycles. The number of hydrogen-bond donors (Lipinski definition) is 2. The first kappa shape index (κ1) is 24.3. The molecule has 0 aliphatic heterocycles. The Bertz CT molecular complexity index is 765. The maximum absolute atomic E-state index is 12.6. The smallest absolute Gasteiger partial charge is 0.416 e. The van der Waals surface area contributed by atoms with E-state index in [4.69, 9.17) is 4.42 Å². The van der Waals surface area contributed by atoms with Gasteiger partial charge in [-0.1, -0.05) is 32.9 Å². The first-order chi connectivity index (χ1) is 12.6. The third-order valence-electron chi connectivity index (χ3n) is 3.75. The molecular formula is C19H26F3IN4O. The standard InChI is InChI=1S/C19H25F3N4O.HI/c1-5-23-17(26-12-16-24-11-15(27-16)18(2,3)4)25-10-13-6-8-14(9-7-13)19(20,21)22;/h6-9,11H,5,10,12H2,1-4H3,(H2,23,25,26);1H. The molecule has 28 heavy (non-hydrogen) atoms. The monoisotopic (exact) mass is 510 g/mol. The molecule has 1 heterocycles. The van der Waals surface area contributed by atoms with Crippen LogP contribution in [-0.4, -0.2) is 17.5 Å². The van der Waals surface area contributed by atoms with Gasteiger partial charge in [0.05, 0.1) is 24.8 Å². The fourth-order valence-electron chi connectivity index (χ4n) is 2.21. The van der Waals surface area contributed by atoms with Crippen molar-refractivity contribution in [1.82, 2.24) is 15.6 Å². The molecule has 0 aliphatic carbocycles. The van der Waals surface area contributed by atoms with Gasteiger partial charge in [-0.3, -0.25) is 0 Å². The van der Waals surface area contributed by atoms with Gasteiger partial charge in [-0.05, 0) is 24.6 Å². The van der Waals surface area contributed by atoms with Crippen molar-refractivity contribution in [2.75, 3.05) is 6.54 Å². The fourth-order valence-corrected chi connectivity index (χ4v) is 2.21. The van der Waals surface area contributed by atoms with E-state index in [-0.39, 0.29) is 35.9 Å². The van der Waals surface area contributed by atoms with Crippen molar-refractivity contribution in [2.24, 2.45) is 4.99 Å². The van der Waals surface area contributed by atoms with Crippen LogP contribution in [0.5, 0.6) is 0 Å². The number of hydrogen-bond acceptors (Lipinski definition) is 3. The highest BCUT2D eigenvalue weighted by Gasteiger charge is 2.29. The maximum atomic E-state index is 12.6. The summed E-state index contributed by atoms with van der Waals surface area (Å²) < 4.78 is 43.5. The highest BCUT2D eigenvalue weighted by Crippen LogP contribution is 2.29. The zero-order valence-electron chi connectivity index (χ0n) is 16.4. The summed E-state index contributed by atoms with van der Waals surface area (Å²) in [6, 6.07) is 4.98. The molecule has 2 N–H and O–H groups in total. The minimum atomic E-state index is -4.33. The minimum Gasteiger partial charge on any atom is -0.443 e. The molecule has 0 saturated carbocycles. The molecule has 156 valence electrons. The second-order valence-electron chi connectivity index (χ2n) is 7.11. The summed E-state index contributed by atoms with van der Waals surface area (Å²) in [5.41, 5.74) is -0.1000. The first-order valence-corrected chi connectivity index (χ1v) is 8.73. The van der Waals surface area contributed by atoms with Crippen LogP contribution in [0.1, 0.15) is 50.5 Å². The van der Waals surface area contributed by atoms with Crippen molar-refractivity contribution >= 4 is 29.9 Å². The van der Waals surface area contributed by atoms with E-state index in [1.54, 1.807) is 6.20 Å². The van der Waals surface area contributed by atoms with Crippen molar-refractivity contribution < 1.29 is 17.6 Å². The normalized spacial score (nSPS) is 12.5. The van der Waals surface area contributed by atoms with E-state index in [1.165, 1.54) is 12.1 Å². The van der Waals surface area contributed by atoms with Crippen LogP contribution in [0.4, 0.5) is 13.2 Å². The fraction of sp³-hybridized carbons (Fsp3) is 0.474. The lowest BCUT2D eigenvalue weighted by Gasteiger charge is -2.13.